The first-order valence-corrected chi connectivity index (χ1v) is 13.0. The molecular weight excluding hydrogens is 476 g/mol. The van der Waals surface area contributed by atoms with Gasteiger partial charge in [0, 0.05) is 0 Å². The van der Waals surface area contributed by atoms with E-state index < -0.39 is 66.9 Å². The fourth-order valence-electron chi connectivity index (χ4n) is 1.14. The van der Waals surface area contributed by atoms with Crippen LogP contribution in [0, 0.1) is 0 Å². The molecule has 0 bridgehead atoms. The van der Waals surface area contributed by atoms with Crippen LogP contribution >= 0.6 is 0 Å². The van der Waals surface area contributed by atoms with Crippen LogP contribution < -0.4 is 8.25 Å². The van der Waals surface area contributed by atoms with Gasteiger partial charge < -0.3 is 14.9 Å². The maximum atomic E-state index is 11.5. The van der Waals surface area contributed by atoms with Gasteiger partial charge in [0.25, 0.3) is 0 Å². The summed E-state index contributed by atoms with van der Waals surface area (Å²) in [5.41, 5.74) is 0. The van der Waals surface area contributed by atoms with E-state index in [1.807, 2.05) is 0 Å². The number of aliphatic hydroxyl groups is 2. The Balaban J connectivity index is 4.43. The summed E-state index contributed by atoms with van der Waals surface area (Å²) < 4.78 is 109. The van der Waals surface area contributed by atoms with Gasteiger partial charge in [-0.1, -0.05) is 8.25 Å². The standard InChI is InChI=1S/C8H20N2O14S4/c1-25(13,14)9-26(15,16)23-6-8(12)7-24-28(19,20)10-27(17,18)22-5-4-21-3-2-11/h8-12H,2-7H2,1H3. The van der Waals surface area contributed by atoms with Crippen molar-refractivity contribution in [2.75, 3.05) is 45.9 Å². The Morgan fingerprint density at radius 1 is 0.750 bits per heavy atom. The molecule has 0 saturated carbocycles. The number of ether oxygens (including phenoxy) is 1. The summed E-state index contributed by atoms with van der Waals surface area (Å²) in [4.78, 5) is 0. The molecule has 16 nitrogen and oxygen atoms in total. The van der Waals surface area contributed by atoms with E-state index in [1.165, 1.54) is 0 Å². The molecule has 0 fully saturated rings. The summed E-state index contributed by atoms with van der Waals surface area (Å²) in [6.07, 6.45) is -1.38. The van der Waals surface area contributed by atoms with Crippen molar-refractivity contribution in [3.63, 3.8) is 0 Å². The van der Waals surface area contributed by atoms with Gasteiger partial charge in [-0.3, -0.25) is 12.5 Å². The molecule has 0 aliphatic heterocycles. The number of sulfonamides is 1. The lowest BCUT2D eigenvalue weighted by Gasteiger charge is -2.12. The molecule has 20 heteroatoms. The Morgan fingerprint density at radius 2 is 1.21 bits per heavy atom. The highest BCUT2D eigenvalue weighted by molar-refractivity contribution is 8.02. The molecule has 0 rings (SSSR count). The normalized spacial score (nSPS) is 14.8. The summed E-state index contributed by atoms with van der Waals surface area (Å²) in [5.74, 6) is 0. The lowest BCUT2D eigenvalue weighted by molar-refractivity contribution is 0.0661. The Bertz CT molecular complexity index is 878. The number of rotatable bonds is 16. The minimum absolute atomic E-state index is 0.0897. The fourth-order valence-corrected chi connectivity index (χ4v) is 5.16. The highest BCUT2D eigenvalue weighted by Gasteiger charge is 2.25. The molecule has 1 unspecified atom stereocenters. The molecule has 0 radical (unpaired) electrons. The largest absolute Gasteiger partial charge is 0.394 e. The number of hydrogen-bond acceptors (Lipinski definition) is 14. The molecule has 0 heterocycles. The first-order chi connectivity index (χ1) is 12.6. The molecule has 0 aromatic carbocycles. The first kappa shape index (κ1) is 27.5. The summed E-state index contributed by atoms with van der Waals surface area (Å²) in [5, 5.41) is 17.8. The lowest BCUT2D eigenvalue weighted by Crippen LogP contribution is -2.37. The average Bonchev–Trinajstić information content (AvgIpc) is 2.47. The number of aliphatic hydroxyl groups excluding tert-OH is 2. The van der Waals surface area contributed by atoms with Crippen LogP contribution in [0.1, 0.15) is 0 Å². The molecule has 0 aromatic rings. The molecule has 0 aliphatic rings. The highest BCUT2D eigenvalue weighted by atomic mass is 32.3. The van der Waals surface area contributed by atoms with Gasteiger partial charge >= 0.3 is 30.9 Å². The lowest BCUT2D eigenvalue weighted by atomic mass is 10.4. The van der Waals surface area contributed by atoms with Crippen molar-refractivity contribution in [2.45, 2.75) is 6.10 Å². The van der Waals surface area contributed by atoms with Crippen LogP contribution in [-0.4, -0.2) is 95.9 Å². The monoisotopic (exact) mass is 496 g/mol. The van der Waals surface area contributed by atoms with Crippen molar-refractivity contribution in [3.05, 3.63) is 0 Å². The van der Waals surface area contributed by atoms with Crippen molar-refractivity contribution < 1.29 is 61.2 Å². The van der Waals surface area contributed by atoms with Gasteiger partial charge in [0.1, 0.15) is 6.10 Å². The Kier molecular flexibility index (Phi) is 11.4. The van der Waals surface area contributed by atoms with Gasteiger partial charge in [-0.15, -0.1) is 0 Å². The molecule has 1 atom stereocenters. The van der Waals surface area contributed by atoms with E-state index in [0.717, 1.165) is 8.25 Å². The molecular formula is C8H20N2O14S4. The third-order valence-corrected chi connectivity index (χ3v) is 7.02. The summed E-state index contributed by atoms with van der Waals surface area (Å²) in [6, 6.07) is 0. The summed E-state index contributed by atoms with van der Waals surface area (Å²) >= 11 is 0. The third-order valence-electron chi connectivity index (χ3n) is 1.99. The van der Waals surface area contributed by atoms with Gasteiger partial charge in [0.05, 0.1) is 45.9 Å². The van der Waals surface area contributed by atoms with Gasteiger partial charge in [0.15, 0.2) is 0 Å². The smallest absolute Gasteiger partial charge is 0.351 e. The van der Waals surface area contributed by atoms with Crippen LogP contribution in [0.25, 0.3) is 0 Å². The zero-order valence-corrected chi connectivity index (χ0v) is 17.5. The Hall–Kier alpha value is -0.520. The van der Waals surface area contributed by atoms with Crippen molar-refractivity contribution in [3.8, 4) is 0 Å². The maximum absolute atomic E-state index is 11.5. The van der Waals surface area contributed by atoms with Crippen LogP contribution in [0.2, 0.25) is 0 Å². The zero-order valence-electron chi connectivity index (χ0n) is 14.2. The molecule has 0 aliphatic carbocycles. The molecule has 0 spiro atoms. The second-order valence-corrected chi connectivity index (χ2v) is 11.0. The fraction of sp³-hybridized carbons (Fsp3) is 1.00. The molecule has 28 heavy (non-hydrogen) atoms. The van der Waals surface area contributed by atoms with Crippen LogP contribution in [0.3, 0.4) is 0 Å². The molecule has 4 N–H and O–H groups in total. The van der Waals surface area contributed by atoms with Crippen molar-refractivity contribution in [1.82, 2.24) is 8.25 Å². The quantitative estimate of drug-likeness (QED) is 0.147. The van der Waals surface area contributed by atoms with E-state index in [9.17, 15) is 38.8 Å². The predicted molar refractivity (Wildman–Crippen MR) is 89.6 cm³/mol. The van der Waals surface area contributed by atoms with Gasteiger partial charge in [0.2, 0.25) is 10.0 Å². The third kappa shape index (κ3) is 15.4. The second kappa shape index (κ2) is 11.6. The van der Waals surface area contributed by atoms with E-state index >= 15 is 0 Å². The predicted octanol–water partition coefficient (Wildman–Crippen LogP) is -4.72. The topological polar surface area (TPSA) is 238 Å². The minimum atomic E-state index is -4.98. The zero-order chi connectivity index (χ0) is 22.1. The van der Waals surface area contributed by atoms with Crippen molar-refractivity contribution in [1.29, 1.82) is 0 Å². The SMILES string of the molecule is CS(=O)(=O)NS(=O)(=O)OCC(O)COS(=O)(=O)NS(=O)(=O)OCCOCCO. The second-order valence-electron chi connectivity index (χ2n) is 4.68. The Morgan fingerprint density at radius 3 is 1.68 bits per heavy atom. The number of nitrogens with one attached hydrogen (secondary N) is 2. The highest BCUT2D eigenvalue weighted by Crippen LogP contribution is 2.00. The molecule has 0 amide bonds. The van der Waals surface area contributed by atoms with Crippen molar-refractivity contribution >= 4 is 40.9 Å². The van der Waals surface area contributed by atoms with E-state index in [-0.39, 0.29) is 19.8 Å². The van der Waals surface area contributed by atoms with Crippen LogP contribution in [-0.2, 0) is 58.2 Å². The Labute approximate surface area is 162 Å². The molecule has 0 aromatic heterocycles. The summed E-state index contributed by atoms with van der Waals surface area (Å²) in [7, 11) is -18.8. The molecule has 170 valence electrons. The van der Waals surface area contributed by atoms with Crippen molar-refractivity contribution in [2.24, 2.45) is 0 Å². The van der Waals surface area contributed by atoms with E-state index in [1.54, 1.807) is 0 Å². The van der Waals surface area contributed by atoms with E-state index in [0.29, 0.717) is 6.26 Å². The van der Waals surface area contributed by atoms with E-state index in [4.69, 9.17) is 5.11 Å². The van der Waals surface area contributed by atoms with Gasteiger partial charge in [-0.05, 0) is 0 Å². The van der Waals surface area contributed by atoms with Crippen LogP contribution in [0.4, 0.5) is 0 Å². The first-order valence-electron chi connectivity index (χ1n) is 6.89. The average molecular weight is 497 g/mol. The van der Waals surface area contributed by atoms with Gasteiger partial charge in [-0.2, -0.15) is 25.3 Å². The van der Waals surface area contributed by atoms with Gasteiger partial charge in [-0.25, -0.2) is 8.42 Å². The maximum Gasteiger partial charge on any atom is 0.351 e. The van der Waals surface area contributed by atoms with Crippen LogP contribution in [0.5, 0.6) is 0 Å². The minimum Gasteiger partial charge on any atom is -0.394 e. The van der Waals surface area contributed by atoms with E-state index in [2.05, 4.69) is 17.3 Å². The number of hydrogen-bond donors (Lipinski definition) is 4. The molecule has 0 saturated heterocycles. The summed E-state index contributed by atoms with van der Waals surface area (Å²) in [6.45, 7) is -3.50. The van der Waals surface area contributed by atoms with Crippen LogP contribution in [0.15, 0.2) is 0 Å².